The van der Waals surface area contributed by atoms with Crippen LogP contribution in [0.2, 0.25) is 0 Å². The molecule has 1 aliphatic heterocycles. The standard InChI is InChI=1S/C25H28N2O4S/c1-17-9-12-23(22-8-6-5-7-21(17)22)27(32(29)30)20-11-10-19-16-26(14-13-18(19)15-20)24(28)31-25(2,3)4/h5-12,15H,13-14,16H2,1-4H3,(H,29,30). The van der Waals surface area contributed by atoms with Crippen LogP contribution in [0.4, 0.5) is 16.2 Å². The average molecular weight is 453 g/mol. The third kappa shape index (κ3) is 4.49. The number of anilines is 2. The summed E-state index contributed by atoms with van der Waals surface area (Å²) in [5.74, 6) is 0. The second-order valence-corrected chi connectivity index (χ2v) is 9.90. The van der Waals surface area contributed by atoms with Gasteiger partial charge in [0.1, 0.15) is 5.60 Å². The van der Waals surface area contributed by atoms with Crippen molar-refractivity contribution >= 4 is 39.5 Å². The van der Waals surface area contributed by atoms with E-state index in [1.54, 1.807) is 4.90 Å². The Morgan fingerprint density at radius 1 is 1.06 bits per heavy atom. The van der Waals surface area contributed by atoms with Gasteiger partial charge in [-0.2, -0.15) is 0 Å². The highest BCUT2D eigenvalue weighted by Gasteiger charge is 2.27. The predicted molar refractivity (Wildman–Crippen MR) is 128 cm³/mol. The van der Waals surface area contributed by atoms with E-state index in [2.05, 4.69) is 0 Å². The Kier molecular flexibility index (Phi) is 5.97. The van der Waals surface area contributed by atoms with Crippen LogP contribution in [0.3, 0.4) is 0 Å². The van der Waals surface area contributed by atoms with Gasteiger partial charge in [0, 0.05) is 18.5 Å². The fraction of sp³-hybridized carbons (Fsp3) is 0.320. The maximum atomic E-state index is 12.4. The molecule has 0 aromatic heterocycles. The highest BCUT2D eigenvalue weighted by Crippen LogP contribution is 2.36. The molecule has 3 aromatic rings. The van der Waals surface area contributed by atoms with Gasteiger partial charge in [0.25, 0.3) is 11.3 Å². The van der Waals surface area contributed by atoms with E-state index >= 15 is 0 Å². The highest BCUT2D eigenvalue weighted by molar-refractivity contribution is 7.81. The first kappa shape index (κ1) is 22.3. The van der Waals surface area contributed by atoms with Crippen molar-refractivity contribution < 1.29 is 18.3 Å². The van der Waals surface area contributed by atoms with Crippen LogP contribution in [0.15, 0.2) is 54.6 Å². The minimum atomic E-state index is -2.25. The Labute approximate surface area is 191 Å². The number of nitrogens with zero attached hydrogens (tertiary/aromatic N) is 2. The first-order chi connectivity index (χ1) is 15.1. The average Bonchev–Trinajstić information content (AvgIpc) is 2.74. The fourth-order valence-electron chi connectivity index (χ4n) is 4.07. The molecular formula is C25H28N2O4S. The van der Waals surface area contributed by atoms with Crippen LogP contribution < -0.4 is 4.31 Å². The van der Waals surface area contributed by atoms with Crippen molar-refractivity contribution in [3.8, 4) is 0 Å². The molecule has 4 rings (SSSR count). The van der Waals surface area contributed by atoms with E-state index in [0.29, 0.717) is 30.9 Å². The predicted octanol–water partition coefficient (Wildman–Crippen LogP) is 5.72. The molecule has 0 fully saturated rings. The molecule has 32 heavy (non-hydrogen) atoms. The van der Waals surface area contributed by atoms with Crippen molar-refractivity contribution in [3.63, 3.8) is 0 Å². The van der Waals surface area contributed by atoms with E-state index in [-0.39, 0.29) is 6.09 Å². The summed E-state index contributed by atoms with van der Waals surface area (Å²) in [6.07, 6.45) is 0.333. The van der Waals surface area contributed by atoms with Crippen LogP contribution in [0, 0.1) is 6.92 Å². The van der Waals surface area contributed by atoms with Crippen molar-refractivity contribution in [2.24, 2.45) is 0 Å². The number of fused-ring (bicyclic) bond motifs is 2. The lowest BCUT2D eigenvalue weighted by Crippen LogP contribution is -2.39. The molecule has 1 unspecified atom stereocenters. The second kappa shape index (κ2) is 8.56. The Bertz CT molecular complexity index is 1200. The molecule has 1 N–H and O–H groups in total. The van der Waals surface area contributed by atoms with Crippen molar-refractivity contribution in [2.45, 2.75) is 46.3 Å². The van der Waals surface area contributed by atoms with Gasteiger partial charge in [0.15, 0.2) is 0 Å². The molecule has 0 saturated heterocycles. The number of hydrogen-bond donors (Lipinski definition) is 1. The molecule has 3 aromatic carbocycles. The zero-order valence-electron chi connectivity index (χ0n) is 18.8. The summed E-state index contributed by atoms with van der Waals surface area (Å²) in [5, 5.41) is 1.97. The summed E-state index contributed by atoms with van der Waals surface area (Å²) in [5.41, 5.74) is 3.98. The van der Waals surface area contributed by atoms with Gasteiger partial charge < -0.3 is 9.64 Å². The van der Waals surface area contributed by atoms with Gasteiger partial charge >= 0.3 is 6.09 Å². The van der Waals surface area contributed by atoms with Crippen molar-refractivity contribution in [1.82, 2.24) is 4.90 Å². The van der Waals surface area contributed by atoms with Crippen LogP contribution in [-0.4, -0.2) is 31.9 Å². The van der Waals surface area contributed by atoms with Crippen molar-refractivity contribution in [3.05, 3.63) is 71.3 Å². The number of hydrogen-bond acceptors (Lipinski definition) is 3. The van der Waals surface area contributed by atoms with Crippen LogP contribution in [-0.2, 0) is 29.0 Å². The van der Waals surface area contributed by atoms with Crippen LogP contribution in [0.5, 0.6) is 0 Å². The monoisotopic (exact) mass is 452 g/mol. The Morgan fingerprint density at radius 2 is 1.78 bits per heavy atom. The lowest BCUT2D eigenvalue weighted by Gasteiger charge is -2.32. The van der Waals surface area contributed by atoms with Gasteiger partial charge in [-0.15, -0.1) is 0 Å². The van der Waals surface area contributed by atoms with Crippen molar-refractivity contribution in [2.75, 3.05) is 10.8 Å². The molecule has 0 radical (unpaired) electrons. The number of aryl methyl sites for hydroxylation is 1. The quantitative estimate of drug-likeness (QED) is 0.516. The Balaban J connectivity index is 1.67. The van der Waals surface area contributed by atoms with E-state index in [1.807, 2.05) is 82.3 Å². The molecule has 7 heteroatoms. The SMILES string of the molecule is Cc1ccc(N(c2ccc3c(c2)CCN(C(=O)OC(C)(C)C)C3)S(=O)O)c2ccccc12. The van der Waals surface area contributed by atoms with E-state index in [4.69, 9.17) is 4.74 Å². The van der Waals surface area contributed by atoms with E-state index < -0.39 is 16.9 Å². The topological polar surface area (TPSA) is 70.1 Å². The zero-order chi connectivity index (χ0) is 23.0. The largest absolute Gasteiger partial charge is 0.444 e. The second-order valence-electron chi connectivity index (χ2n) is 9.08. The maximum absolute atomic E-state index is 12.4. The summed E-state index contributed by atoms with van der Waals surface area (Å²) in [7, 11) is 0. The van der Waals surface area contributed by atoms with Gasteiger partial charge in [-0.05, 0) is 74.4 Å². The number of ether oxygens (including phenoxy) is 1. The molecule has 1 atom stereocenters. The van der Waals surface area contributed by atoms with Crippen LogP contribution in [0.25, 0.3) is 10.8 Å². The minimum Gasteiger partial charge on any atom is -0.444 e. The van der Waals surface area contributed by atoms with E-state index in [9.17, 15) is 13.6 Å². The molecule has 0 aliphatic carbocycles. The number of amides is 1. The van der Waals surface area contributed by atoms with E-state index in [0.717, 1.165) is 27.5 Å². The Hall–Kier alpha value is -2.90. The molecule has 1 amide bonds. The zero-order valence-corrected chi connectivity index (χ0v) is 19.6. The number of carbonyl (C=O) groups is 1. The number of benzene rings is 3. The molecule has 1 heterocycles. The van der Waals surface area contributed by atoms with Gasteiger partial charge in [0.2, 0.25) is 0 Å². The normalized spacial score (nSPS) is 14.7. The lowest BCUT2D eigenvalue weighted by atomic mass is 9.99. The summed E-state index contributed by atoms with van der Waals surface area (Å²) < 4.78 is 29.6. The maximum Gasteiger partial charge on any atom is 0.410 e. The molecule has 1 aliphatic rings. The first-order valence-corrected chi connectivity index (χ1v) is 11.7. The highest BCUT2D eigenvalue weighted by atomic mass is 32.2. The molecule has 0 spiro atoms. The summed E-state index contributed by atoms with van der Waals surface area (Å²) in [6, 6.07) is 17.4. The number of rotatable bonds is 3. The minimum absolute atomic E-state index is 0.323. The number of carbonyl (C=O) groups excluding carboxylic acids is 1. The van der Waals surface area contributed by atoms with Crippen LogP contribution in [0.1, 0.15) is 37.5 Å². The van der Waals surface area contributed by atoms with Gasteiger partial charge in [-0.1, -0.05) is 36.4 Å². The van der Waals surface area contributed by atoms with Crippen molar-refractivity contribution in [1.29, 1.82) is 0 Å². The smallest absolute Gasteiger partial charge is 0.410 e. The molecular weight excluding hydrogens is 424 g/mol. The van der Waals surface area contributed by atoms with Gasteiger partial charge in [-0.3, -0.25) is 4.55 Å². The molecule has 168 valence electrons. The van der Waals surface area contributed by atoms with Crippen LogP contribution >= 0.6 is 0 Å². The fourth-order valence-corrected chi connectivity index (χ4v) is 4.69. The summed E-state index contributed by atoms with van der Waals surface area (Å²) in [4.78, 5) is 14.1. The molecule has 6 nitrogen and oxygen atoms in total. The third-order valence-electron chi connectivity index (χ3n) is 5.58. The lowest BCUT2D eigenvalue weighted by molar-refractivity contribution is 0.0224. The molecule has 0 saturated carbocycles. The molecule has 0 bridgehead atoms. The van der Waals surface area contributed by atoms with Gasteiger partial charge in [-0.25, -0.2) is 13.3 Å². The summed E-state index contributed by atoms with van der Waals surface area (Å²) in [6.45, 7) is 8.59. The van der Waals surface area contributed by atoms with E-state index in [1.165, 1.54) is 4.31 Å². The van der Waals surface area contributed by atoms with Gasteiger partial charge in [0.05, 0.1) is 11.4 Å². The Morgan fingerprint density at radius 3 is 2.47 bits per heavy atom. The third-order valence-corrected chi connectivity index (χ3v) is 6.30. The first-order valence-electron chi connectivity index (χ1n) is 10.6. The summed E-state index contributed by atoms with van der Waals surface area (Å²) >= 11 is -2.25.